The smallest absolute Gasteiger partial charge is 0.392 e. The van der Waals surface area contributed by atoms with Crippen molar-refractivity contribution in [1.82, 2.24) is 0 Å². The number of aromatic hydroxyl groups is 2. The van der Waals surface area contributed by atoms with Gasteiger partial charge in [0.25, 0.3) is 5.76 Å². The van der Waals surface area contributed by atoms with Gasteiger partial charge in [0, 0.05) is 5.57 Å². The summed E-state index contributed by atoms with van der Waals surface area (Å²) in [5.74, 6) is -6.82. The molecule has 1 aromatic rings. The molecule has 1 aromatic heterocycles. The Morgan fingerprint density at radius 3 is 2.44 bits per heavy atom. The molecular weight excluding hydrogens is 220 g/mol. The van der Waals surface area contributed by atoms with Gasteiger partial charge in [-0.25, -0.2) is 4.79 Å². The number of carbonyl (C=O) groups is 1. The summed E-state index contributed by atoms with van der Waals surface area (Å²) in [6.45, 7) is 4.51. The maximum Gasteiger partial charge on any atom is 0.392 e. The molecule has 0 aromatic carbocycles. The monoisotopic (exact) mass is 230 g/mol. The Balaban J connectivity index is 2.98. The first kappa shape index (κ1) is 12.1. The second kappa shape index (κ2) is 3.87. The molecule has 0 fully saturated rings. The van der Waals surface area contributed by atoms with E-state index in [9.17, 15) is 15.0 Å². The van der Waals surface area contributed by atoms with Gasteiger partial charge in [-0.05, 0) is 6.92 Å². The van der Waals surface area contributed by atoms with Crippen molar-refractivity contribution in [3.05, 3.63) is 24.2 Å². The number of esters is 1. The fourth-order valence-corrected chi connectivity index (χ4v) is 0.836. The van der Waals surface area contributed by atoms with Crippen LogP contribution in [0.4, 0.5) is 0 Å². The highest BCUT2D eigenvalue weighted by atomic mass is 16.8. The lowest BCUT2D eigenvalue weighted by Gasteiger charge is -2.18. The van der Waals surface area contributed by atoms with Crippen LogP contribution in [0, 0.1) is 0 Å². The molecule has 16 heavy (non-hydrogen) atoms. The Labute approximate surface area is 89.8 Å². The SMILES string of the molecule is C=C(C)C(=O)OC(O)(O)c1occ(O)c1O. The van der Waals surface area contributed by atoms with Crippen molar-refractivity contribution >= 4 is 5.97 Å². The number of hydrogen-bond acceptors (Lipinski definition) is 7. The molecule has 0 saturated heterocycles. The maximum absolute atomic E-state index is 11.0. The maximum atomic E-state index is 11.0. The van der Waals surface area contributed by atoms with Gasteiger partial charge in [-0.2, -0.15) is 0 Å². The molecule has 7 heteroatoms. The third-order valence-electron chi connectivity index (χ3n) is 1.63. The standard InChI is InChI=1S/C9H10O7/c1-4(2)8(12)16-9(13,14)7-6(11)5(10)3-15-7/h3,10-11,13-14H,1H2,2H3. The lowest BCUT2D eigenvalue weighted by Crippen LogP contribution is -2.31. The number of ether oxygens (including phenoxy) is 1. The van der Waals surface area contributed by atoms with Gasteiger partial charge in [0.15, 0.2) is 5.75 Å². The summed E-state index contributed by atoms with van der Waals surface area (Å²) in [6, 6.07) is 0. The van der Waals surface area contributed by atoms with Crippen LogP contribution in [0.1, 0.15) is 12.7 Å². The molecule has 4 N–H and O–H groups in total. The van der Waals surface area contributed by atoms with Gasteiger partial charge >= 0.3 is 11.9 Å². The molecular formula is C9H10O7. The van der Waals surface area contributed by atoms with Crippen LogP contribution in [0.15, 0.2) is 22.8 Å². The zero-order valence-corrected chi connectivity index (χ0v) is 8.30. The van der Waals surface area contributed by atoms with Gasteiger partial charge in [-0.15, -0.1) is 0 Å². The van der Waals surface area contributed by atoms with Crippen molar-refractivity contribution in [1.29, 1.82) is 0 Å². The van der Waals surface area contributed by atoms with Gasteiger partial charge in [0.2, 0.25) is 5.75 Å². The third-order valence-corrected chi connectivity index (χ3v) is 1.63. The number of carbonyl (C=O) groups excluding carboxylic acids is 1. The second-order valence-electron chi connectivity index (χ2n) is 3.08. The molecule has 0 bridgehead atoms. The number of rotatable bonds is 3. The highest BCUT2D eigenvalue weighted by molar-refractivity contribution is 5.87. The highest BCUT2D eigenvalue weighted by Gasteiger charge is 2.39. The first-order valence-electron chi connectivity index (χ1n) is 4.09. The molecule has 0 atom stereocenters. The Kier molecular flexibility index (Phi) is 2.92. The first-order chi connectivity index (χ1) is 7.25. The highest BCUT2D eigenvalue weighted by Crippen LogP contribution is 2.37. The molecule has 88 valence electrons. The lowest BCUT2D eigenvalue weighted by atomic mass is 10.3. The minimum Gasteiger partial charge on any atom is -0.502 e. The average Bonchev–Trinajstić information content (AvgIpc) is 2.47. The molecule has 0 radical (unpaired) electrons. The molecule has 0 aliphatic heterocycles. The van der Waals surface area contributed by atoms with Gasteiger partial charge in [-0.3, -0.25) is 0 Å². The van der Waals surface area contributed by atoms with Crippen molar-refractivity contribution in [2.75, 3.05) is 0 Å². The van der Waals surface area contributed by atoms with Crippen LogP contribution >= 0.6 is 0 Å². The molecule has 0 spiro atoms. The predicted molar refractivity (Wildman–Crippen MR) is 49.1 cm³/mol. The van der Waals surface area contributed by atoms with Crippen LogP contribution in [-0.2, 0) is 15.5 Å². The summed E-state index contributed by atoms with van der Waals surface area (Å²) in [5.41, 5.74) is -0.0808. The van der Waals surface area contributed by atoms with Crippen LogP contribution in [0.25, 0.3) is 0 Å². The minimum atomic E-state index is -3.18. The molecule has 1 heterocycles. The lowest BCUT2D eigenvalue weighted by molar-refractivity contribution is -0.337. The predicted octanol–water partition coefficient (Wildman–Crippen LogP) is -0.0950. The first-order valence-corrected chi connectivity index (χ1v) is 4.09. The molecule has 1 rings (SSSR count). The van der Waals surface area contributed by atoms with Crippen LogP contribution in [0.3, 0.4) is 0 Å². The summed E-state index contributed by atoms with van der Waals surface area (Å²) in [5, 5.41) is 36.7. The average molecular weight is 230 g/mol. The molecule has 7 nitrogen and oxygen atoms in total. The molecule has 0 amide bonds. The number of aliphatic hydroxyl groups is 2. The van der Waals surface area contributed by atoms with Gasteiger partial charge in [-0.1, -0.05) is 6.58 Å². The van der Waals surface area contributed by atoms with Gasteiger partial charge in [0.05, 0.1) is 0 Å². The Bertz CT molecular complexity index is 429. The molecule has 0 unspecified atom stereocenters. The van der Waals surface area contributed by atoms with Crippen molar-refractivity contribution in [3.8, 4) is 11.5 Å². The fourth-order valence-electron chi connectivity index (χ4n) is 0.836. The van der Waals surface area contributed by atoms with E-state index in [-0.39, 0.29) is 5.57 Å². The van der Waals surface area contributed by atoms with E-state index < -0.39 is 29.2 Å². The van der Waals surface area contributed by atoms with Gasteiger partial charge in [0.1, 0.15) is 6.26 Å². The van der Waals surface area contributed by atoms with E-state index in [0.29, 0.717) is 6.26 Å². The summed E-state index contributed by atoms with van der Waals surface area (Å²) in [7, 11) is 0. The van der Waals surface area contributed by atoms with Crippen molar-refractivity contribution in [2.45, 2.75) is 12.9 Å². The molecule has 0 aliphatic rings. The summed E-state index contributed by atoms with van der Waals surface area (Å²) >= 11 is 0. The van der Waals surface area contributed by atoms with E-state index >= 15 is 0 Å². The molecule has 0 saturated carbocycles. The summed E-state index contributed by atoms with van der Waals surface area (Å²) < 4.78 is 8.62. The van der Waals surface area contributed by atoms with Crippen LogP contribution in [0.5, 0.6) is 11.5 Å². The molecule has 0 aliphatic carbocycles. The van der Waals surface area contributed by atoms with Gasteiger partial charge < -0.3 is 29.6 Å². The topological polar surface area (TPSA) is 120 Å². The van der Waals surface area contributed by atoms with Crippen LogP contribution < -0.4 is 0 Å². The van der Waals surface area contributed by atoms with E-state index in [0.717, 1.165) is 0 Å². The van der Waals surface area contributed by atoms with Crippen LogP contribution in [-0.4, -0.2) is 26.4 Å². The Morgan fingerprint density at radius 1 is 1.50 bits per heavy atom. The minimum absolute atomic E-state index is 0.0808. The van der Waals surface area contributed by atoms with Crippen molar-refractivity contribution < 1.29 is 34.4 Å². The Morgan fingerprint density at radius 2 is 2.06 bits per heavy atom. The zero-order chi connectivity index (χ0) is 12.5. The summed E-state index contributed by atoms with van der Waals surface area (Å²) in [6.07, 6.45) is 0.653. The number of furan rings is 1. The fraction of sp³-hybridized carbons (Fsp3) is 0.222. The normalized spacial score (nSPS) is 11.2. The van der Waals surface area contributed by atoms with E-state index in [2.05, 4.69) is 15.7 Å². The number of hydrogen-bond donors (Lipinski definition) is 4. The third kappa shape index (κ3) is 2.15. The Hall–Kier alpha value is -1.99. The van der Waals surface area contributed by atoms with Crippen molar-refractivity contribution in [2.24, 2.45) is 0 Å². The van der Waals surface area contributed by atoms with E-state index in [1.165, 1.54) is 6.92 Å². The van der Waals surface area contributed by atoms with E-state index in [4.69, 9.17) is 10.2 Å². The van der Waals surface area contributed by atoms with E-state index in [1.807, 2.05) is 0 Å². The van der Waals surface area contributed by atoms with Crippen molar-refractivity contribution in [3.63, 3.8) is 0 Å². The second-order valence-corrected chi connectivity index (χ2v) is 3.08. The summed E-state index contributed by atoms with van der Waals surface area (Å²) in [4.78, 5) is 11.0. The quantitative estimate of drug-likeness (QED) is 0.325. The van der Waals surface area contributed by atoms with E-state index in [1.54, 1.807) is 0 Å². The zero-order valence-electron chi connectivity index (χ0n) is 8.30. The largest absolute Gasteiger partial charge is 0.502 e. The van der Waals surface area contributed by atoms with Crippen LogP contribution in [0.2, 0.25) is 0 Å².